The van der Waals surface area contributed by atoms with E-state index in [1.807, 2.05) is 42.5 Å². The van der Waals surface area contributed by atoms with Gasteiger partial charge < -0.3 is 14.2 Å². The third kappa shape index (κ3) is 6.58. The Bertz CT molecular complexity index is 1470. The van der Waals surface area contributed by atoms with Gasteiger partial charge in [0, 0.05) is 12.2 Å². The van der Waals surface area contributed by atoms with Gasteiger partial charge in [0.05, 0.1) is 5.56 Å². The molecule has 0 aliphatic heterocycles. The summed E-state index contributed by atoms with van der Waals surface area (Å²) in [5.41, 5.74) is 4.02. The Morgan fingerprint density at radius 3 is 1.81 bits per heavy atom. The maximum atomic E-state index is 12.5. The van der Waals surface area contributed by atoms with Crippen molar-refractivity contribution >= 4 is 28.7 Å². The number of ether oxygens (including phenoxy) is 3. The molecule has 0 bridgehead atoms. The Kier molecular flexibility index (Phi) is 7.91. The van der Waals surface area contributed by atoms with Gasteiger partial charge in [-0.1, -0.05) is 61.7 Å². The predicted octanol–water partition coefficient (Wildman–Crippen LogP) is 6.18. The molecule has 0 radical (unpaired) electrons. The van der Waals surface area contributed by atoms with Crippen LogP contribution in [0.25, 0.3) is 21.9 Å². The van der Waals surface area contributed by atoms with Gasteiger partial charge in [-0.2, -0.15) is 0 Å². The van der Waals surface area contributed by atoms with Gasteiger partial charge in [0.15, 0.2) is 0 Å². The molecule has 6 heteroatoms. The normalized spacial score (nSPS) is 10.4. The molecule has 0 spiro atoms. The van der Waals surface area contributed by atoms with Crippen molar-refractivity contribution in [3.05, 3.63) is 127 Å². The van der Waals surface area contributed by atoms with Crippen molar-refractivity contribution < 1.29 is 28.6 Å². The van der Waals surface area contributed by atoms with Crippen molar-refractivity contribution in [1.29, 1.82) is 0 Å². The molecule has 4 rings (SSSR count). The minimum absolute atomic E-state index is 0.0999. The summed E-state index contributed by atoms with van der Waals surface area (Å²) in [6.45, 7) is 7.04. The number of esters is 3. The van der Waals surface area contributed by atoms with Gasteiger partial charge in [0.1, 0.15) is 19.0 Å². The fourth-order valence-electron chi connectivity index (χ4n) is 3.61. The Labute approximate surface area is 214 Å². The first-order valence-corrected chi connectivity index (χ1v) is 11.5. The molecule has 0 saturated carbocycles. The van der Waals surface area contributed by atoms with Gasteiger partial charge in [-0.15, -0.1) is 0 Å². The van der Waals surface area contributed by atoms with E-state index in [1.54, 1.807) is 36.4 Å². The minimum atomic E-state index is -0.506. The van der Waals surface area contributed by atoms with Crippen LogP contribution in [0.4, 0.5) is 0 Å². The molecule has 6 nitrogen and oxygen atoms in total. The molecule has 0 atom stereocenters. The number of hydrogen-bond acceptors (Lipinski definition) is 6. The standard InChI is InChI=1S/C31H24O6/c1-3-29(32)35-19-21-5-8-24(9-6-21)31(34)37-28-15-13-23(14-16-28)26-12-11-25-17-22(7-10-27(25)18-26)20-36-30(33)4-2/h3-18H,1-2,19-20H2. The van der Waals surface area contributed by atoms with Crippen LogP contribution in [0, 0.1) is 0 Å². The number of hydrogen-bond donors (Lipinski definition) is 0. The van der Waals surface area contributed by atoms with Crippen molar-refractivity contribution in [3.8, 4) is 16.9 Å². The van der Waals surface area contributed by atoms with E-state index in [0.717, 1.165) is 45.2 Å². The number of rotatable bonds is 9. The largest absolute Gasteiger partial charge is 0.458 e. The lowest BCUT2D eigenvalue weighted by atomic mass is 10.00. The van der Waals surface area contributed by atoms with Gasteiger partial charge >= 0.3 is 17.9 Å². The zero-order valence-corrected chi connectivity index (χ0v) is 20.0. The molecular weight excluding hydrogens is 468 g/mol. The second kappa shape index (κ2) is 11.6. The summed E-state index contributed by atoms with van der Waals surface area (Å²) in [6, 6.07) is 25.9. The molecule has 37 heavy (non-hydrogen) atoms. The van der Waals surface area contributed by atoms with Gasteiger partial charge in [0.25, 0.3) is 0 Å². The number of fused-ring (bicyclic) bond motifs is 1. The smallest absolute Gasteiger partial charge is 0.343 e. The maximum Gasteiger partial charge on any atom is 0.343 e. The Balaban J connectivity index is 1.39. The van der Waals surface area contributed by atoms with Gasteiger partial charge in [-0.3, -0.25) is 0 Å². The van der Waals surface area contributed by atoms with Crippen LogP contribution in [0.2, 0.25) is 0 Å². The molecule has 0 amide bonds. The van der Waals surface area contributed by atoms with Crippen molar-refractivity contribution in [2.24, 2.45) is 0 Å². The maximum absolute atomic E-state index is 12.5. The summed E-state index contributed by atoms with van der Waals surface area (Å²) in [5, 5.41) is 2.08. The molecule has 0 aliphatic carbocycles. The lowest BCUT2D eigenvalue weighted by Crippen LogP contribution is -2.08. The van der Waals surface area contributed by atoms with E-state index >= 15 is 0 Å². The molecule has 0 heterocycles. The Morgan fingerprint density at radius 2 is 1.16 bits per heavy atom. The van der Waals surface area contributed by atoms with Crippen molar-refractivity contribution in [2.75, 3.05) is 0 Å². The van der Waals surface area contributed by atoms with Crippen LogP contribution in [0.15, 0.2) is 110 Å². The predicted molar refractivity (Wildman–Crippen MR) is 141 cm³/mol. The molecule has 0 fully saturated rings. The molecule has 0 aliphatic rings. The van der Waals surface area contributed by atoms with Crippen LogP contribution >= 0.6 is 0 Å². The average Bonchev–Trinajstić information content (AvgIpc) is 2.94. The highest BCUT2D eigenvalue weighted by atomic mass is 16.5. The highest BCUT2D eigenvalue weighted by molar-refractivity contribution is 5.91. The Morgan fingerprint density at radius 1 is 0.622 bits per heavy atom. The zero-order chi connectivity index (χ0) is 26.2. The quantitative estimate of drug-likeness (QED) is 0.158. The van der Waals surface area contributed by atoms with Gasteiger partial charge in [-0.05, 0) is 69.4 Å². The summed E-state index contributed by atoms with van der Waals surface area (Å²) in [6.07, 6.45) is 2.24. The van der Waals surface area contributed by atoms with E-state index in [-0.39, 0.29) is 13.2 Å². The molecule has 0 aromatic heterocycles. The van der Waals surface area contributed by atoms with Crippen molar-refractivity contribution in [1.82, 2.24) is 0 Å². The van der Waals surface area contributed by atoms with Crippen LogP contribution in [0.5, 0.6) is 5.75 Å². The van der Waals surface area contributed by atoms with E-state index in [1.165, 1.54) is 0 Å². The van der Waals surface area contributed by atoms with Crippen molar-refractivity contribution in [2.45, 2.75) is 13.2 Å². The second-order valence-electron chi connectivity index (χ2n) is 8.13. The Hall–Kier alpha value is -4.97. The van der Waals surface area contributed by atoms with E-state index in [9.17, 15) is 14.4 Å². The topological polar surface area (TPSA) is 78.9 Å². The zero-order valence-electron chi connectivity index (χ0n) is 20.0. The molecule has 4 aromatic rings. The van der Waals surface area contributed by atoms with Gasteiger partial charge in [0.2, 0.25) is 0 Å². The van der Waals surface area contributed by atoms with Crippen LogP contribution in [0.3, 0.4) is 0 Å². The third-order valence-corrected chi connectivity index (χ3v) is 5.59. The summed E-state index contributed by atoms with van der Waals surface area (Å²) < 4.78 is 15.6. The molecule has 0 saturated heterocycles. The van der Waals surface area contributed by atoms with Crippen LogP contribution in [0.1, 0.15) is 21.5 Å². The monoisotopic (exact) mass is 492 g/mol. The van der Waals surface area contributed by atoms with E-state index < -0.39 is 17.9 Å². The molecule has 4 aromatic carbocycles. The van der Waals surface area contributed by atoms with E-state index in [0.29, 0.717) is 11.3 Å². The summed E-state index contributed by atoms with van der Waals surface area (Å²) in [5.74, 6) is -1.01. The SMILES string of the molecule is C=CC(=O)OCc1ccc(C(=O)Oc2ccc(-c3ccc4cc(COC(=O)C=C)ccc4c3)cc2)cc1. The molecule has 0 N–H and O–H groups in total. The number of carbonyl (C=O) groups is 3. The first-order chi connectivity index (χ1) is 17.9. The number of carbonyl (C=O) groups excluding carboxylic acids is 3. The van der Waals surface area contributed by atoms with E-state index in [2.05, 4.69) is 19.2 Å². The van der Waals surface area contributed by atoms with Crippen LogP contribution < -0.4 is 4.74 Å². The fraction of sp³-hybridized carbons (Fsp3) is 0.0645. The minimum Gasteiger partial charge on any atom is -0.458 e. The highest BCUT2D eigenvalue weighted by Crippen LogP contribution is 2.27. The van der Waals surface area contributed by atoms with E-state index in [4.69, 9.17) is 14.2 Å². The lowest BCUT2D eigenvalue weighted by Gasteiger charge is -2.09. The third-order valence-electron chi connectivity index (χ3n) is 5.59. The highest BCUT2D eigenvalue weighted by Gasteiger charge is 2.10. The summed E-state index contributed by atoms with van der Waals surface area (Å²) >= 11 is 0. The van der Waals surface area contributed by atoms with Crippen LogP contribution in [-0.4, -0.2) is 17.9 Å². The summed E-state index contributed by atoms with van der Waals surface area (Å²) in [4.78, 5) is 35.0. The van der Waals surface area contributed by atoms with Crippen LogP contribution in [-0.2, 0) is 32.3 Å². The molecule has 0 unspecified atom stereocenters. The summed E-state index contributed by atoms with van der Waals surface area (Å²) in [7, 11) is 0. The second-order valence-corrected chi connectivity index (χ2v) is 8.13. The molecular formula is C31H24O6. The first-order valence-electron chi connectivity index (χ1n) is 11.5. The molecule has 184 valence electrons. The average molecular weight is 493 g/mol. The fourth-order valence-corrected chi connectivity index (χ4v) is 3.61. The van der Waals surface area contributed by atoms with Gasteiger partial charge in [-0.25, -0.2) is 14.4 Å². The lowest BCUT2D eigenvalue weighted by molar-refractivity contribution is -0.139. The van der Waals surface area contributed by atoms with Crippen molar-refractivity contribution in [3.63, 3.8) is 0 Å². The first kappa shape index (κ1) is 25.1. The number of benzene rings is 4.